The van der Waals surface area contributed by atoms with Crippen LogP contribution in [-0.2, 0) is 16.0 Å². The number of fused-ring (bicyclic) bond motifs is 2. The molecule has 0 atom stereocenters. The second-order valence-electron chi connectivity index (χ2n) is 9.05. The summed E-state index contributed by atoms with van der Waals surface area (Å²) in [5.41, 5.74) is 2.26. The summed E-state index contributed by atoms with van der Waals surface area (Å²) in [6, 6.07) is 3.11. The zero-order valence-corrected chi connectivity index (χ0v) is 20.8. The average Bonchev–Trinajstić information content (AvgIpc) is 2.83. The molecular weight excluding hydrogens is 505 g/mol. The number of ether oxygens (including phenoxy) is 1. The van der Waals surface area contributed by atoms with Crippen molar-refractivity contribution in [3.05, 3.63) is 46.6 Å². The van der Waals surface area contributed by atoms with Gasteiger partial charge >= 0.3 is 12.2 Å². The number of halogens is 2. The Labute approximate surface area is 216 Å². The van der Waals surface area contributed by atoms with Crippen LogP contribution >= 0.6 is 11.6 Å². The predicted octanol–water partition coefficient (Wildman–Crippen LogP) is 4.61. The molecule has 3 amide bonds. The van der Waals surface area contributed by atoms with Crippen molar-refractivity contribution in [2.45, 2.75) is 32.8 Å². The Bertz CT molecular complexity index is 1460. The topological polar surface area (TPSA) is 125 Å². The molecule has 0 bridgehead atoms. The Balaban J connectivity index is 1.46. The number of likely N-dealkylation sites (tertiary alicyclic amines) is 1. The third-order valence-corrected chi connectivity index (χ3v) is 7.04. The Morgan fingerprint density at radius 1 is 1.19 bits per heavy atom. The molecule has 2 aromatic heterocycles. The van der Waals surface area contributed by atoms with E-state index in [1.165, 1.54) is 24.2 Å². The number of carbonyl (C=O) groups excluding carboxylic acids is 2. The molecule has 0 radical (unpaired) electrons. The van der Waals surface area contributed by atoms with E-state index in [9.17, 15) is 19.5 Å². The molecule has 0 spiro atoms. The van der Waals surface area contributed by atoms with Crippen LogP contribution in [0.4, 0.5) is 25.5 Å². The molecule has 10 nitrogen and oxygen atoms in total. The minimum absolute atomic E-state index is 0.0867. The minimum Gasteiger partial charge on any atom is -0.465 e. The first-order valence-electron chi connectivity index (χ1n) is 11.6. The Morgan fingerprint density at radius 2 is 1.95 bits per heavy atom. The summed E-state index contributed by atoms with van der Waals surface area (Å²) < 4.78 is 20.7. The van der Waals surface area contributed by atoms with E-state index < -0.39 is 24.1 Å². The highest BCUT2D eigenvalue weighted by atomic mass is 35.5. The lowest BCUT2D eigenvalue weighted by Crippen LogP contribution is -2.54. The Hall–Kier alpha value is -3.99. The Kier molecular flexibility index (Phi) is 6.32. The van der Waals surface area contributed by atoms with Gasteiger partial charge in [-0.2, -0.15) is 0 Å². The van der Waals surface area contributed by atoms with Crippen molar-refractivity contribution in [1.29, 1.82) is 0 Å². The first-order chi connectivity index (χ1) is 17.6. The SMILES string of the molecule is CC(=O)N1CC(OC(=O)Nc2cc3cc(-c4cnc5c(c4C)N(C(=O)O)CCC5)c(F)c(Cl)c3cn2)C1. The van der Waals surface area contributed by atoms with Crippen molar-refractivity contribution in [3.8, 4) is 11.1 Å². The van der Waals surface area contributed by atoms with Crippen molar-refractivity contribution < 1.29 is 28.6 Å². The third-order valence-electron chi connectivity index (χ3n) is 6.67. The number of aryl methyl sites for hydroxylation is 1. The predicted molar refractivity (Wildman–Crippen MR) is 135 cm³/mol. The van der Waals surface area contributed by atoms with Crippen LogP contribution in [0.1, 0.15) is 24.6 Å². The van der Waals surface area contributed by atoms with Gasteiger partial charge in [0.2, 0.25) is 5.91 Å². The molecule has 37 heavy (non-hydrogen) atoms. The number of pyridine rings is 2. The molecule has 1 saturated heterocycles. The zero-order valence-electron chi connectivity index (χ0n) is 20.0. The van der Waals surface area contributed by atoms with Crippen LogP contribution < -0.4 is 10.2 Å². The van der Waals surface area contributed by atoms with Gasteiger partial charge in [0.05, 0.1) is 29.5 Å². The lowest BCUT2D eigenvalue weighted by atomic mass is 9.95. The molecule has 0 unspecified atom stereocenters. The summed E-state index contributed by atoms with van der Waals surface area (Å²) in [6.45, 7) is 4.18. The molecule has 3 aromatic rings. The van der Waals surface area contributed by atoms with Gasteiger partial charge in [0, 0.05) is 42.4 Å². The lowest BCUT2D eigenvalue weighted by Gasteiger charge is -2.37. The molecule has 192 valence electrons. The van der Waals surface area contributed by atoms with Crippen molar-refractivity contribution in [1.82, 2.24) is 14.9 Å². The highest BCUT2D eigenvalue weighted by Crippen LogP contribution is 2.40. The summed E-state index contributed by atoms with van der Waals surface area (Å²) in [4.78, 5) is 46.7. The second kappa shape index (κ2) is 9.47. The van der Waals surface area contributed by atoms with Gasteiger partial charge in [-0.15, -0.1) is 0 Å². The molecule has 0 aliphatic carbocycles. The summed E-state index contributed by atoms with van der Waals surface area (Å²) in [7, 11) is 0. The Morgan fingerprint density at radius 3 is 2.65 bits per heavy atom. The summed E-state index contributed by atoms with van der Waals surface area (Å²) in [6.07, 6.45) is 1.95. The van der Waals surface area contributed by atoms with Gasteiger partial charge in [-0.3, -0.25) is 20.0 Å². The van der Waals surface area contributed by atoms with Crippen molar-refractivity contribution in [3.63, 3.8) is 0 Å². The highest BCUT2D eigenvalue weighted by Gasteiger charge is 2.32. The normalized spacial score (nSPS) is 15.2. The van der Waals surface area contributed by atoms with Gasteiger partial charge in [0.25, 0.3) is 0 Å². The maximum absolute atomic E-state index is 15.4. The summed E-state index contributed by atoms with van der Waals surface area (Å²) >= 11 is 6.36. The van der Waals surface area contributed by atoms with Crippen LogP contribution in [0, 0.1) is 12.7 Å². The van der Waals surface area contributed by atoms with E-state index in [0.717, 1.165) is 0 Å². The van der Waals surface area contributed by atoms with Gasteiger partial charge in [-0.25, -0.2) is 19.0 Å². The van der Waals surface area contributed by atoms with Crippen molar-refractivity contribution >= 4 is 52.0 Å². The van der Waals surface area contributed by atoms with Crippen LogP contribution in [0.2, 0.25) is 5.02 Å². The molecule has 2 aliphatic rings. The number of amides is 3. The maximum Gasteiger partial charge on any atom is 0.413 e. The first-order valence-corrected chi connectivity index (χ1v) is 12.0. The molecule has 2 N–H and O–H groups in total. The number of rotatable bonds is 3. The number of nitrogens with one attached hydrogen (secondary N) is 1. The molecule has 5 rings (SSSR count). The highest BCUT2D eigenvalue weighted by molar-refractivity contribution is 6.36. The van der Waals surface area contributed by atoms with Crippen LogP contribution in [0.5, 0.6) is 0 Å². The van der Waals surface area contributed by atoms with E-state index in [2.05, 4.69) is 15.3 Å². The van der Waals surface area contributed by atoms with Gasteiger partial charge in [0.15, 0.2) is 0 Å². The maximum atomic E-state index is 15.4. The van der Waals surface area contributed by atoms with E-state index in [1.54, 1.807) is 24.0 Å². The number of hydrogen-bond donors (Lipinski definition) is 2. The van der Waals surface area contributed by atoms with Crippen LogP contribution in [0.15, 0.2) is 24.5 Å². The number of hydrogen-bond acceptors (Lipinski definition) is 6. The minimum atomic E-state index is -1.09. The second-order valence-corrected chi connectivity index (χ2v) is 9.43. The van der Waals surface area contributed by atoms with E-state index in [1.807, 2.05) is 0 Å². The number of aromatic nitrogens is 2. The summed E-state index contributed by atoms with van der Waals surface area (Å²) in [5, 5.41) is 12.9. The van der Waals surface area contributed by atoms with E-state index >= 15 is 4.39 Å². The molecule has 4 heterocycles. The number of nitrogens with zero attached hydrogens (tertiary/aromatic N) is 4. The average molecular weight is 528 g/mol. The van der Waals surface area contributed by atoms with E-state index in [4.69, 9.17) is 16.3 Å². The molecule has 12 heteroatoms. The first kappa shape index (κ1) is 24.7. The fourth-order valence-electron chi connectivity index (χ4n) is 4.71. The van der Waals surface area contributed by atoms with E-state index in [-0.39, 0.29) is 22.3 Å². The standard InChI is InChI=1S/C25H23ClFN5O5/c1-12-17(8-28-19-4-3-5-32(23(12)19)25(35)36)16-6-14-7-20(29-9-18(14)21(26)22(16)27)30-24(34)37-15-10-31(11-15)13(2)33/h6-9,15H,3-5,10-11H2,1-2H3,(H,35,36)(H,29,30,34). The number of anilines is 2. The number of carbonyl (C=O) groups is 3. The zero-order chi connectivity index (χ0) is 26.4. The van der Waals surface area contributed by atoms with Gasteiger partial charge in [-0.1, -0.05) is 11.6 Å². The number of benzene rings is 1. The van der Waals surface area contributed by atoms with Crippen LogP contribution in [-0.4, -0.2) is 63.8 Å². The number of carboxylic acid groups (broad SMARTS) is 1. The monoisotopic (exact) mass is 527 g/mol. The summed E-state index contributed by atoms with van der Waals surface area (Å²) in [5.74, 6) is -0.596. The smallest absolute Gasteiger partial charge is 0.413 e. The largest absolute Gasteiger partial charge is 0.465 e. The fraction of sp³-hybridized carbons (Fsp3) is 0.320. The quantitative estimate of drug-likeness (QED) is 0.509. The van der Waals surface area contributed by atoms with E-state index in [0.29, 0.717) is 65.8 Å². The van der Waals surface area contributed by atoms with Gasteiger partial charge in [-0.05, 0) is 42.8 Å². The molecular formula is C25H23ClFN5O5. The molecule has 0 saturated carbocycles. The molecule has 1 aromatic carbocycles. The molecule has 1 fully saturated rings. The molecule has 2 aliphatic heterocycles. The van der Waals surface area contributed by atoms with Crippen molar-refractivity contribution in [2.75, 3.05) is 29.9 Å². The van der Waals surface area contributed by atoms with Gasteiger partial charge < -0.3 is 14.7 Å². The fourth-order valence-corrected chi connectivity index (χ4v) is 4.97. The lowest BCUT2D eigenvalue weighted by molar-refractivity contribution is -0.138. The third kappa shape index (κ3) is 4.50. The van der Waals surface area contributed by atoms with Crippen molar-refractivity contribution in [2.24, 2.45) is 0 Å². The van der Waals surface area contributed by atoms with Crippen LogP contribution in [0.25, 0.3) is 21.9 Å². The van der Waals surface area contributed by atoms with Gasteiger partial charge in [0.1, 0.15) is 17.7 Å². The van der Waals surface area contributed by atoms with Crippen LogP contribution in [0.3, 0.4) is 0 Å².